The average Bonchev–Trinajstić information content (AvgIpc) is 2.82. The van der Waals surface area contributed by atoms with E-state index < -0.39 is 0 Å². The normalized spacial score (nSPS) is 13.5. The van der Waals surface area contributed by atoms with Crippen LogP contribution in [-0.4, -0.2) is 25.7 Å². The molecule has 0 amide bonds. The predicted molar refractivity (Wildman–Crippen MR) is 113 cm³/mol. The summed E-state index contributed by atoms with van der Waals surface area (Å²) in [6.45, 7) is 1.71. The van der Waals surface area contributed by atoms with E-state index in [2.05, 4.69) is 10.3 Å². The van der Waals surface area contributed by atoms with Gasteiger partial charge < -0.3 is 20.5 Å². The first-order chi connectivity index (χ1) is 12.1. The van der Waals surface area contributed by atoms with E-state index in [1.54, 1.807) is 6.07 Å². The van der Waals surface area contributed by atoms with Gasteiger partial charge in [0.05, 0.1) is 13.2 Å². The molecule has 0 aromatic heterocycles. The highest BCUT2D eigenvalue weighted by atomic mass is 127. The Kier molecular flexibility index (Phi) is 7.77. The standard InChI is InChI=1S/C18H19ClFN3O2.HI/c19-15-10-13(20)3-2-12(15)6-7-22-18(21)23-14-4-5-16-17(11-14)25-9-1-8-24-16;/h2-5,10-11H,1,6-9H2,(H3,21,22,23);1H. The van der Waals surface area contributed by atoms with Crippen molar-refractivity contribution in [3.05, 3.63) is 52.8 Å². The summed E-state index contributed by atoms with van der Waals surface area (Å²) in [7, 11) is 0. The second-order valence-corrected chi connectivity index (χ2v) is 6.00. The number of halogens is 3. The lowest BCUT2D eigenvalue weighted by Crippen LogP contribution is -2.23. The second-order valence-electron chi connectivity index (χ2n) is 5.59. The Morgan fingerprint density at radius 2 is 1.92 bits per heavy atom. The van der Waals surface area contributed by atoms with Crippen LogP contribution in [0.2, 0.25) is 5.02 Å². The fourth-order valence-electron chi connectivity index (χ4n) is 2.45. The van der Waals surface area contributed by atoms with Gasteiger partial charge in [0.2, 0.25) is 0 Å². The van der Waals surface area contributed by atoms with Gasteiger partial charge in [0.15, 0.2) is 17.5 Å². The lowest BCUT2D eigenvalue weighted by Gasteiger charge is -2.11. The summed E-state index contributed by atoms with van der Waals surface area (Å²) in [4.78, 5) is 4.27. The van der Waals surface area contributed by atoms with Crippen molar-refractivity contribution in [1.29, 1.82) is 0 Å². The Balaban J connectivity index is 0.00000243. The topological polar surface area (TPSA) is 68.9 Å². The minimum atomic E-state index is -0.354. The highest BCUT2D eigenvalue weighted by molar-refractivity contribution is 14.0. The van der Waals surface area contributed by atoms with Crippen molar-refractivity contribution in [2.45, 2.75) is 12.8 Å². The molecular weight excluding hydrogens is 472 g/mol. The second kappa shape index (κ2) is 9.82. The summed E-state index contributed by atoms with van der Waals surface area (Å²) in [5.74, 6) is 1.35. The fourth-order valence-corrected chi connectivity index (χ4v) is 2.71. The van der Waals surface area contributed by atoms with Crippen molar-refractivity contribution >= 4 is 47.2 Å². The van der Waals surface area contributed by atoms with Crippen LogP contribution in [-0.2, 0) is 6.42 Å². The van der Waals surface area contributed by atoms with Crippen LogP contribution in [0.5, 0.6) is 11.5 Å². The molecule has 1 aliphatic heterocycles. The summed E-state index contributed by atoms with van der Waals surface area (Å²) in [5, 5.41) is 3.41. The number of hydrogen-bond donors (Lipinski definition) is 2. The Labute approximate surface area is 173 Å². The molecule has 0 spiro atoms. The summed E-state index contributed by atoms with van der Waals surface area (Å²) >= 11 is 5.99. The van der Waals surface area contributed by atoms with Crippen LogP contribution >= 0.6 is 35.6 Å². The number of fused-ring (bicyclic) bond motifs is 1. The molecule has 0 unspecified atom stereocenters. The van der Waals surface area contributed by atoms with E-state index in [0.717, 1.165) is 23.4 Å². The third-order valence-electron chi connectivity index (χ3n) is 3.70. The molecule has 2 aromatic rings. The van der Waals surface area contributed by atoms with Gasteiger partial charge in [-0.15, -0.1) is 24.0 Å². The van der Waals surface area contributed by atoms with Crippen molar-refractivity contribution in [1.82, 2.24) is 0 Å². The minimum Gasteiger partial charge on any atom is -0.490 e. The van der Waals surface area contributed by atoms with Crippen LogP contribution in [0.3, 0.4) is 0 Å². The predicted octanol–water partition coefficient (Wildman–Crippen LogP) is 4.23. The number of aliphatic imine (C=N–C) groups is 1. The molecule has 0 bridgehead atoms. The van der Waals surface area contributed by atoms with E-state index in [1.165, 1.54) is 12.1 Å². The summed E-state index contributed by atoms with van der Waals surface area (Å²) in [6.07, 6.45) is 1.43. The molecule has 1 aliphatic rings. The van der Waals surface area contributed by atoms with Gasteiger partial charge in [-0.1, -0.05) is 17.7 Å². The third-order valence-corrected chi connectivity index (χ3v) is 4.05. The van der Waals surface area contributed by atoms with Crippen molar-refractivity contribution in [3.8, 4) is 11.5 Å². The molecule has 2 aromatic carbocycles. The minimum absolute atomic E-state index is 0. The molecule has 0 aliphatic carbocycles. The van der Waals surface area contributed by atoms with Gasteiger partial charge in [0.25, 0.3) is 0 Å². The molecule has 3 N–H and O–H groups in total. The zero-order valence-corrected chi connectivity index (χ0v) is 17.1. The van der Waals surface area contributed by atoms with Crippen LogP contribution in [0.15, 0.2) is 41.4 Å². The van der Waals surface area contributed by atoms with E-state index >= 15 is 0 Å². The van der Waals surface area contributed by atoms with Gasteiger partial charge in [-0.3, -0.25) is 4.99 Å². The van der Waals surface area contributed by atoms with Crippen molar-refractivity contribution in [2.24, 2.45) is 10.7 Å². The van der Waals surface area contributed by atoms with Crippen molar-refractivity contribution < 1.29 is 13.9 Å². The van der Waals surface area contributed by atoms with Crippen molar-refractivity contribution in [2.75, 3.05) is 25.1 Å². The zero-order chi connectivity index (χ0) is 17.6. The Morgan fingerprint density at radius 3 is 2.69 bits per heavy atom. The van der Waals surface area contributed by atoms with Gasteiger partial charge in [0.1, 0.15) is 5.82 Å². The zero-order valence-electron chi connectivity index (χ0n) is 14.0. The highest BCUT2D eigenvalue weighted by Gasteiger charge is 2.10. The molecular formula is C18H20ClFIN3O2. The number of nitrogens with two attached hydrogens (primary N) is 1. The van der Waals surface area contributed by atoms with Crippen molar-refractivity contribution in [3.63, 3.8) is 0 Å². The largest absolute Gasteiger partial charge is 0.490 e. The summed E-state index contributed by atoms with van der Waals surface area (Å²) in [6, 6.07) is 9.85. The van der Waals surface area contributed by atoms with E-state index in [9.17, 15) is 4.39 Å². The molecule has 0 fully saturated rings. The number of anilines is 1. The fraction of sp³-hybridized carbons (Fsp3) is 0.278. The average molecular weight is 492 g/mol. The molecule has 3 rings (SSSR count). The van der Waals surface area contributed by atoms with Crippen LogP contribution in [0.4, 0.5) is 10.1 Å². The maximum absolute atomic E-state index is 13.0. The molecule has 1 heterocycles. The maximum Gasteiger partial charge on any atom is 0.193 e. The summed E-state index contributed by atoms with van der Waals surface area (Å²) < 4.78 is 24.3. The van der Waals surface area contributed by atoms with Crippen LogP contribution in [0.1, 0.15) is 12.0 Å². The van der Waals surface area contributed by atoms with Gasteiger partial charge in [-0.2, -0.15) is 0 Å². The number of nitrogens with one attached hydrogen (secondary N) is 1. The molecule has 0 saturated heterocycles. The highest BCUT2D eigenvalue weighted by Crippen LogP contribution is 2.32. The molecule has 8 heteroatoms. The Hall–Kier alpha value is -1.74. The van der Waals surface area contributed by atoms with Gasteiger partial charge in [0, 0.05) is 29.7 Å². The lowest BCUT2D eigenvalue weighted by atomic mass is 10.1. The van der Waals surface area contributed by atoms with Crippen LogP contribution in [0, 0.1) is 5.82 Å². The SMILES string of the molecule is I.NC(=NCCc1ccc(F)cc1Cl)Nc1ccc2c(c1)OCCCO2. The van der Waals surface area contributed by atoms with Gasteiger partial charge >= 0.3 is 0 Å². The summed E-state index contributed by atoms with van der Waals surface area (Å²) in [5.41, 5.74) is 7.51. The number of ether oxygens (including phenoxy) is 2. The molecule has 140 valence electrons. The smallest absolute Gasteiger partial charge is 0.193 e. The number of guanidine groups is 1. The number of hydrogen-bond acceptors (Lipinski definition) is 3. The van der Waals surface area contributed by atoms with Gasteiger partial charge in [-0.05, 0) is 36.2 Å². The van der Waals surface area contributed by atoms with Gasteiger partial charge in [-0.25, -0.2) is 4.39 Å². The third kappa shape index (κ3) is 5.63. The first-order valence-corrected chi connectivity index (χ1v) is 8.40. The first kappa shape index (κ1) is 20.6. The van der Waals surface area contributed by atoms with E-state index in [0.29, 0.717) is 37.0 Å². The van der Waals surface area contributed by atoms with E-state index in [-0.39, 0.29) is 35.8 Å². The lowest BCUT2D eigenvalue weighted by molar-refractivity contribution is 0.297. The monoisotopic (exact) mass is 491 g/mol. The molecule has 0 radical (unpaired) electrons. The Morgan fingerprint density at radius 1 is 1.15 bits per heavy atom. The molecule has 0 atom stereocenters. The number of rotatable bonds is 4. The van der Waals surface area contributed by atoms with E-state index in [4.69, 9.17) is 26.8 Å². The van der Waals surface area contributed by atoms with Crippen LogP contribution < -0.4 is 20.5 Å². The molecule has 26 heavy (non-hydrogen) atoms. The maximum atomic E-state index is 13.0. The quantitative estimate of drug-likeness (QED) is 0.382. The number of nitrogens with zero attached hydrogens (tertiary/aromatic N) is 1. The van der Waals surface area contributed by atoms with Crippen LogP contribution in [0.25, 0.3) is 0 Å². The first-order valence-electron chi connectivity index (χ1n) is 8.02. The Bertz CT molecular complexity index is 789. The molecule has 0 saturated carbocycles. The number of benzene rings is 2. The van der Waals surface area contributed by atoms with E-state index in [1.807, 2.05) is 18.2 Å². The molecule has 5 nitrogen and oxygen atoms in total.